The van der Waals surface area contributed by atoms with Gasteiger partial charge in [0, 0.05) is 11.6 Å². The van der Waals surface area contributed by atoms with E-state index in [1.54, 1.807) is 0 Å². The Morgan fingerprint density at radius 3 is 2.82 bits per heavy atom. The highest BCUT2D eigenvalue weighted by atomic mass is 35.5. The fraction of sp³-hybridized carbons (Fsp3) is 0.273. The van der Waals surface area contributed by atoms with Gasteiger partial charge in [-0.25, -0.2) is 4.39 Å². The van der Waals surface area contributed by atoms with E-state index in [2.05, 4.69) is 5.32 Å². The molecule has 3 nitrogen and oxygen atoms in total. The van der Waals surface area contributed by atoms with Crippen molar-refractivity contribution < 1.29 is 9.18 Å². The molecule has 17 heavy (non-hydrogen) atoms. The number of carbonyl (C=O) groups excluding carboxylic acids is 1. The molecule has 3 N–H and O–H groups in total. The first-order valence-corrected chi connectivity index (χ1v) is 5.81. The lowest BCUT2D eigenvalue weighted by atomic mass is 10.2. The topological polar surface area (TPSA) is 55.1 Å². The van der Waals surface area contributed by atoms with Crippen molar-refractivity contribution in [2.45, 2.75) is 12.8 Å². The Bertz CT molecular complexity index is 439. The maximum Gasteiger partial charge on any atom is 0.254 e. The van der Waals surface area contributed by atoms with E-state index >= 15 is 0 Å². The Morgan fingerprint density at radius 2 is 2.24 bits per heavy atom. The summed E-state index contributed by atoms with van der Waals surface area (Å²) in [4.78, 5) is 12.0. The highest BCUT2D eigenvalue weighted by Gasteiger charge is 2.10. The Balaban J connectivity index is 2.50. The fourth-order valence-electron chi connectivity index (χ4n) is 1.23. The minimum absolute atomic E-state index is 0.0234. The molecular weight excluding hydrogens is 263 g/mol. The quantitative estimate of drug-likeness (QED) is 0.640. The first kappa shape index (κ1) is 13.9. The van der Waals surface area contributed by atoms with Gasteiger partial charge < -0.3 is 11.1 Å². The molecule has 1 aromatic rings. The van der Waals surface area contributed by atoms with Crippen molar-refractivity contribution in [1.82, 2.24) is 5.32 Å². The van der Waals surface area contributed by atoms with Crippen molar-refractivity contribution in [2.24, 2.45) is 5.73 Å². The predicted octanol–water partition coefficient (Wildman–Crippen LogP) is 2.28. The number of halogens is 2. The van der Waals surface area contributed by atoms with E-state index < -0.39 is 11.7 Å². The fourth-order valence-corrected chi connectivity index (χ4v) is 1.54. The number of thiocarbonyl (C=S) groups is 1. The van der Waals surface area contributed by atoms with Crippen molar-refractivity contribution in [3.05, 3.63) is 34.6 Å². The zero-order valence-electron chi connectivity index (χ0n) is 9.00. The molecule has 0 radical (unpaired) electrons. The van der Waals surface area contributed by atoms with Crippen LogP contribution in [0.5, 0.6) is 0 Å². The van der Waals surface area contributed by atoms with Gasteiger partial charge in [0.05, 0.1) is 10.6 Å². The van der Waals surface area contributed by atoms with Crippen LogP contribution in [-0.2, 0) is 0 Å². The predicted molar refractivity (Wildman–Crippen MR) is 69.8 cm³/mol. The van der Waals surface area contributed by atoms with Crippen LogP contribution in [-0.4, -0.2) is 17.4 Å². The molecule has 0 atom stereocenters. The molecule has 1 aromatic carbocycles. The summed E-state index contributed by atoms with van der Waals surface area (Å²) < 4.78 is 13.4. The van der Waals surface area contributed by atoms with E-state index in [0.29, 0.717) is 24.4 Å². The largest absolute Gasteiger partial charge is 0.393 e. The van der Waals surface area contributed by atoms with Gasteiger partial charge in [-0.2, -0.15) is 0 Å². The summed E-state index contributed by atoms with van der Waals surface area (Å²) in [5.41, 5.74) is 5.28. The van der Waals surface area contributed by atoms with Crippen LogP contribution < -0.4 is 11.1 Å². The van der Waals surface area contributed by atoms with Crippen molar-refractivity contribution in [2.75, 3.05) is 6.54 Å². The minimum atomic E-state index is -0.635. The van der Waals surface area contributed by atoms with E-state index in [1.807, 2.05) is 0 Å². The average Bonchev–Trinajstić information content (AvgIpc) is 2.23. The van der Waals surface area contributed by atoms with E-state index in [0.717, 1.165) is 6.07 Å². The van der Waals surface area contributed by atoms with Gasteiger partial charge in [0.1, 0.15) is 5.82 Å². The highest BCUT2D eigenvalue weighted by Crippen LogP contribution is 2.14. The molecular formula is C11H12ClFN2OS. The molecule has 0 aliphatic rings. The number of nitrogens with two attached hydrogens (primary N) is 1. The maximum absolute atomic E-state index is 13.4. The maximum atomic E-state index is 13.4. The summed E-state index contributed by atoms with van der Waals surface area (Å²) in [5, 5.41) is 2.83. The van der Waals surface area contributed by atoms with Crippen LogP contribution in [0, 0.1) is 5.82 Å². The van der Waals surface area contributed by atoms with E-state index in [4.69, 9.17) is 29.6 Å². The zero-order valence-corrected chi connectivity index (χ0v) is 10.6. The molecule has 0 saturated carbocycles. The van der Waals surface area contributed by atoms with E-state index in [-0.39, 0.29) is 10.6 Å². The zero-order chi connectivity index (χ0) is 12.8. The monoisotopic (exact) mass is 274 g/mol. The smallest absolute Gasteiger partial charge is 0.254 e. The summed E-state index contributed by atoms with van der Waals surface area (Å²) in [6.45, 7) is 0.401. The van der Waals surface area contributed by atoms with Crippen molar-refractivity contribution >= 4 is 34.7 Å². The number of hydrogen-bond acceptors (Lipinski definition) is 2. The number of nitrogens with one attached hydrogen (secondary N) is 1. The van der Waals surface area contributed by atoms with Crippen LogP contribution in [0.2, 0.25) is 5.02 Å². The first-order valence-electron chi connectivity index (χ1n) is 5.02. The van der Waals surface area contributed by atoms with Gasteiger partial charge in [-0.05, 0) is 31.0 Å². The molecule has 1 rings (SSSR count). The molecule has 0 bridgehead atoms. The molecule has 1 amide bonds. The van der Waals surface area contributed by atoms with Crippen LogP contribution >= 0.6 is 23.8 Å². The Labute approximate surface area is 109 Å². The number of rotatable bonds is 5. The third kappa shape index (κ3) is 4.66. The summed E-state index contributed by atoms with van der Waals surface area (Å²) in [7, 11) is 0. The lowest BCUT2D eigenvalue weighted by Gasteiger charge is -2.05. The molecule has 0 aromatic heterocycles. The van der Waals surface area contributed by atoms with Crippen LogP contribution in [0.4, 0.5) is 4.39 Å². The third-order valence-electron chi connectivity index (χ3n) is 2.06. The van der Waals surface area contributed by atoms with E-state index in [9.17, 15) is 9.18 Å². The third-order valence-corrected chi connectivity index (χ3v) is 2.50. The highest BCUT2D eigenvalue weighted by molar-refractivity contribution is 7.80. The van der Waals surface area contributed by atoms with Crippen molar-refractivity contribution in [1.29, 1.82) is 0 Å². The Morgan fingerprint density at radius 1 is 1.53 bits per heavy atom. The second kappa shape index (κ2) is 6.51. The molecule has 92 valence electrons. The lowest BCUT2D eigenvalue weighted by Crippen LogP contribution is -2.26. The van der Waals surface area contributed by atoms with Gasteiger partial charge in [-0.3, -0.25) is 4.79 Å². The number of benzene rings is 1. The second-order valence-corrected chi connectivity index (χ2v) is 4.41. The van der Waals surface area contributed by atoms with Crippen LogP contribution in [0.3, 0.4) is 0 Å². The minimum Gasteiger partial charge on any atom is -0.393 e. The van der Waals surface area contributed by atoms with Gasteiger partial charge in [-0.15, -0.1) is 0 Å². The van der Waals surface area contributed by atoms with Gasteiger partial charge in [0.25, 0.3) is 5.91 Å². The molecule has 6 heteroatoms. The molecule has 0 aliphatic heterocycles. The summed E-state index contributed by atoms with van der Waals surface area (Å²) >= 11 is 10.3. The Hall–Kier alpha value is -1.20. The van der Waals surface area contributed by atoms with Gasteiger partial charge in [-0.1, -0.05) is 23.8 Å². The normalized spacial score (nSPS) is 10.0. The molecule has 0 spiro atoms. The van der Waals surface area contributed by atoms with Gasteiger partial charge in [0.2, 0.25) is 0 Å². The first-order chi connectivity index (χ1) is 8.00. The standard InChI is InChI=1S/C11H12ClFN2OS/c12-7-3-4-8(9(13)6-7)11(16)15-5-1-2-10(14)17/h3-4,6H,1-2,5H2,(H2,14,17)(H,15,16). The molecule has 0 fully saturated rings. The SMILES string of the molecule is NC(=S)CCCNC(=O)c1ccc(Cl)cc1F. The number of carbonyl (C=O) groups is 1. The summed E-state index contributed by atoms with van der Waals surface area (Å²) in [6.07, 6.45) is 1.19. The molecule has 0 heterocycles. The van der Waals surface area contributed by atoms with Crippen LogP contribution in [0.25, 0.3) is 0 Å². The van der Waals surface area contributed by atoms with Crippen LogP contribution in [0.1, 0.15) is 23.2 Å². The van der Waals surface area contributed by atoms with Crippen molar-refractivity contribution in [3.63, 3.8) is 0 Å². The van der Waals surface area contributed by atoms with Gasteiger partial charge >= 0.3 is 0 Å². The molecule has 0 aliphatic carbocycles. The van der Waals surface area contributed by atoms with Crippen LogP contribution in [0.15, 0.2) is 18.2 Å². The van der Waals surface area contributed by atoms with E-state index in [1.165, 1.54) is 12.1 Å². The van der Waals surface area contributed by atoms with Crippen molar-refractivity contribution in [3.8, 4) is 0 Å². The summed E-state index contributed by atoms with van der Waals surface area (Å²) in [5.74, 6) is -1.11. The number of hydrogen-bond donors (Lipinski definition) is 2. The Kier molecular flexibility index (Phi) is 5.31. The molecule has 0 unspecified atom stereocenters. The number of amides is 1. The summed E-state index contributed by atoms with van der Waals surface area (Å²) in [6, 6.07) is 3.92. The average molecular weight is 275 g/mol. The van der Waals surface area contributed by atoms with Gasteiger partial charge in [0.15, 0.2) is 0 Å². The second-order valence-electron chi connectivity index (χ2n) is 3.45. The molecule has 0 saturated heterocycles. The lowest BCUT2D eigenvalue weighted by molar-refractivity contribution is 0.0949.